The highest BCUT2D eigenvalue weighted by Crippen LogP contribution is 2.22. The maximum atomic E-state index is 13.5. The molecule has 4 aromatic rings. The molecule has 0 N–H and O–H groups in total. The van der Waals surface area contributed by atoms with Gasteiger partial charge in [0.05, 0.1) is 19.9 Å². The van der Waals surface area contributed by atoms with Crippen LogP contribution in [0.4, 0.5) is 10.2 Å². The number of benzene rings is 3. The first kappa shape index (κ1) is 29.5. The Balaban J connectivity index is 1.24. The number of aromatic nitrogens is 2. The second kappa shape index (κ2) is 13.8. The van der Waals surface area contributed by atoms with E-state index >= 15 is 0 Å². The van der Waals surface area contributed by atoms with Crippen molar-refractivity contribution >= 4 is 17.6 Å². The fourth-order valence-electron chi connectivity index (χ4n) is 4.99. The van der Waals surface area contributed by atoms with Crippen LogP contribution < -0.4 is 14.4 Å². The fraction of sp³-hybridized carbons (Fsp3) is 0.273. The van der Waals surface area contributed by atoms with E-state index in [1.54, 1.807) is 55.5 Å². The minimum absolute atomic E-state index is 0.0986. The quantitative estimate of drug-likeness (QED) is 0.283. The molecule has 10 heteroatoms. The normalized spacial score (nSPS) is 13.3. The Morgan fingerprint density at radius 2 is 1.47 bits per heavy atom. The minimum Gasteiger partial charge on any atom is -0.497 e. The monoisotopic (exact) mass is 583 g/mol. The van der Waals surface area contributed by atoms with Gasteiger partial charge in [-0.25, -0.2) is 4.39 Å². The van der Waals surface area contributed by atoms with Crippen LogP contribution in [0, 0.1) is 5.82 Å². The summed E-state index contributed by atoms with van der Waals surface area (Å²) >= 11 is 0. The second-order valence-corrected chi connectivity index (χ2v) is 10.2. The predicted octanol–water partition coefficient (Wildman–Crippen LogP) is 4.68. The molecule has 5 rings (SSSR count). The Hall–Kier alpha value is -4.99. The lowest BCUT2D eigenvalue weighted by molar-refractivity contribution is -0.131. The van der Waals surface area contributed by atoms with Crippen LogP contribution in [-0.2, 0) is 11.3 Å². The standard InChI is InChI=1S/C33H34FN5O4/c1-42-28-12-6-25(7-13-28)30-16-17-31(36-35-30)37-18-3-19-38(21-20-37)32(40)23-39(22-24-4-10-27(34)11-5-24)33(41)26-8-14-29(43-2)15-9-26/h4-17H,3,18-23H2,1-2H3. The summed E-state index contributed by atoms with van der Waals surface area (Å²) in [5, 5.41) is 8.88. The molecule has 0 saturated carbocycles. The van der Waals surface area contributed by atoms with E-state index in [2.05, 4.69) is 15.1 Å². The summed E-state index contributed by atoms with van der Waals surface area (Å²) < 4.78 is 24.0. The van der Waals surface area contributed by atoms with Crippen molar-refractivity contribution < 1.29 is 23.5 Å². The zero-order valence-corrected chi connectivity index (χ0v) is 24.3. The number of methoxy groups -OCH3 is 2. The Morgan fingerprint density at radius 1 is 0.791 bits per heavy atom. The van der Waals surface area contributed by atoms with Crippen molar-refractivity contribution in [2.24, 2.45) is 0 Å². The van der Waals surface area contributed by atoms with E-state index in [0.717, 1.165) is 41.4 Å². The molecule has 0 aliphatic carbocycles. The van der Waals surface area contributed by atoms with Crippen molar-refractivity contribution in [1.82, 2.24) is 20.0 Å². The van der Waals surface area contributed by atoms with E-state index in [9.17, 15) is 14.0 Å². The minimum atomic E-state index is -0.359. The lowest BCUT2D eigenvalue weighted by Crippen LogP contribution is -2.44. The van der Waals surface area contributed by atoms with Crippen molar-refractivity contribution in [3.05, 3.63) is 102 Å². The molecule has 1 aliphatic rings. The summed E-state index contributed by atoms with van der Waals surface area (Å²) in [5.41, 5.74) is 2.88. The summed E-state index contributed by atoms with van der Waals surface area (Å²) in [7, 11) is 3.19. The number of anilines is 1. The molecular weight excluding hydrogens is 549 g/mol. The summed E-state index contributed by atoms with van der Waals surface area (Å²) in [6.07, 6.45) is 0.748. The maximum absolute atomic E-state index is 13.5. The molecular formula is C33H34FN5O4. The molecule has 43 heavy (non-hydrogen) atoms. The zero-order chi connectivity index (χ0) is 30.2. The molecule has 1 fully saturated rings. The molecule has 0 spiro atoms. The molecule has 1 aromatic heterocycles. The van der Waals surface area contributed by atoms with E-state index in [-0.39, 0.29) is 30.7 Å². The zero-order valence-electron chi connectivity index (χ0n) is 24.3. The third-order valence-electron chi connectivity index (χ3n) is 7.45. The van der Waals surface area contributed by atoms with Crippen LogP contribution in [0.1, 0.15) is 22.3 Å². The topological polar surface area (TPSA) is 88.1 Å². The van der Waals surface area contributed by atoms with Crippen molar-refractivity contribution in [1.29, 1.82) is 0 Å². The molecule has 222 valence electrons. The van der Waals surface area contributed by atoms with Crippen molar-refractivity contribution in [2.45, 2.75) is 13.0 Å². The number of nitrogens with zero attached hydrogens (tertiary/aromatic N) is 5. The van der Waals surface area contributed by atoms with Gasteiger partial charge in [-0.15, -0.1) is 10.2 Å². The molecule has 0 bridgehead atoms. The van der Waals surface area contributed by atoms with Gasteiger partial charge in [0.15, 0.2) is 5.82 Å². The van der Waals surface area contributed by atoms with Gasteiger partial charge in [-0.1, -0.05) is 12.1 Å². The third kappa shape index (κ3) is 7.45. The molecule has 1 saturated heterocycles. The van der Waals surface area contributed by atoms with Crippen molar-refractivity contribution in [3.63, 3.8) is 0 Å². The molecule has 1 aliphatic heterocycles. The lowest BCUT2D eigenvalue weighted by Gasteiger charge is -2.27. The average Bonchev–Trinajstić information content (AvgIpc) is 3.32. The number of hydrogen-bond acceptors (Lipinski definition) is 7. The summed E-state index contributed by atoms with van der Waals surface area (Å²) in [5.74, 6) is 1.37. The average molecular weight is 584 g/mol. The van der Waals surface area contributed by atoms with Crippen LogP contribution in [0.15, 0.2) is 84.9 Å². The Kier molecular flexibility index (Phi) is 9.46. The second-order valence-electron chi connectivity index (χ2n) is 10.2. The van der Waals surface area contributed by atoms with Gasteiger partial charge in [0.25, 0.3) is 5.91 Å². The van der Waals surface area contributed by atoms with Gasteiger partial charge in [-0.05, 0) is 84.8 Å². The van der Waals surface area contributed by atoms with Crippen molar-refractivity contribution in [3.8, 4) is 22.8 Å². The van der Waals surface area contributed by atoms with E-state index in [1.807, 2.05) is 36.4 Å². The summed E-state index contributed by atoms with van der Waals surface area (Å²) in [4.78, 5) is 32.5. The number of carbonyl (C=O) groups excluding carboxylic acids is 2. The third-order valence-corrected chi connectivity index (χ3v) is 7.45. The number of amides is 2. The smallest absolute Gasteiger partial charge is 0.254 e. The number of carbonyl (C=O) groups is 2. The highest BCUT2D eigenvalue weighted by Gasteiger charge is 2.25. The largest absolute Gasteiger partial charge is 0.497 e. The van der Waals surface area contributed by atoms with Gasteiger partial charge in [0, 0.05) is 43.9 Å². The van der Waals surface area contributed by atoms with Gasteiger partial charge in [0.2, 0.25) is 5.91 Å². The maximum Gasteiger partial charge on any atom is 0.254 e. The SMILES string of the molecule is COc1ccc(C(=O)N(CC(=O)N2CCCN(c3ccc(-c4ccc(OC)cc4)nn3)CC2)Cc2ccc(F)cc2)cc1. The Morgan fingerprint density at radius 3 is 2.09 bits per heavy atom. The Labute approximate surface area is 250 Å². The highest BCUT2D eigenvalue weighted by atomic mass is 19.1. The number of ether oxygens (including phenoxy) is 2. The fourth-order valence-corrected chi connectivity index (χ4v) is 4.99. The molecule has 3 aromatic carbocycles. The summed E-state index contributed by atoms with van der Waals surface area (Å²) in [6.45, 7) is 2.44. The molecule has 9 nitrogen and oxygen atoms in total. The lowest BCUT2D eigenvalue weighted by atomic mass is 10.1. The van der Waals surface area contributed by atoms with Gasteiger partial charge in [0.1, 0.15) is 23.9 Å². The van der Waals surface area contributed by atoms with Crippen LogP contribution in [0.2, 0.25) is 0 Å². The van der Waals surface area contributed by atoms with E-state index in [4.69, 9.17) is 9.47 Å². The van der Waals surface area contributed by atoms with Crippen LogP contribution in [0.3, 0.4) is 0 Å². The summed E-state index contributed by atoms with van der Waals surface area (Å²) in [6, 6.07) is 24.3. The number of hydrogen-bond donors (Lipinski definition) is 0. The molecule has 0 unspecified atom stereocenters. The molecule has 2 heterocycles. The van der Waals surface area contributed by atoms with Crippen molar-refractivity contribution in [2.75, 3.05) is 51.8 Å². The molecule has 0 radical (unpaired) electrons. The number of halogens is 1. The molecule has 2 amide bonds. The van der Waals surface area contributed by atoms with E-state index in [0.29, 0.717) is 30.9 Å². The van der Waals surface area contributed by atoms with Gasteiger partial charge in [-0.2, -0.15) is 0 Å². The highest BCUT2D eigenvalue weighted by molar-refractivity contribution is 5.96. The Bertz CT molecular complexity index is 1510. The first-order valence-corrected chi connectivity index (χ1v) is 14.1. The van der Waals surface area contributed by atoms with Crippen LogP contribution in [0.5, 0.6) is 11.5 Å². The van der Waals surface area contributed by atoms with E-state index in [1.165, 1.54) is 17.0 Å². The first-order valence-electron chi connectivity index (χ1n) is 14.1. The number of rotatable bonds is 9. The van der Waals surface area contributed by atoms with Gasteiger partial charge >= 0.3 is 0 Å². The van der Waals surface area contributed by atoms with Gasteiger partial charge < -0.3 is 24.2 Å². The van der Waals surface area contributed by atoms with Crippen LogP contribution in [-0.4, -0.2) is 78.8 Å². The first-order chi connectivity index (χ1) is 20.9. The van der Waals surface area contributed by atoms with Crippen LogP contribution in [0.25, 0.3) is 11.3 Å². The van der Waals surface area contributed by atoms with Crippen LogP contribution >= 0.6 is 0 Å². The van der Waals surface area contributed by atoms with E-state index < -0.39 is 0 Å². The molecule has 0 atom stereocenters. The van der Waals surface area contributed by atoms with Gasteiger partial charge in [-0.3, -0.25) is 9.59 Å². The predicted molar refractivity (Wildman–Crippen MR) is 162 cm³/mol.